The predicted octanol–water partition coefficient (Wildman–Crippen LogP) is 3.69. The van der Waals surface area contributed by atoms with E-state index >= 15 is 0 Å². The van der Waals surface area contributed by atoms with Crippen LogP contribution in [-0.2, 0) is 4.79 Å². The number of benzene rings is 1. The van der Waals surface area contributed by atoms with Crippen molar-refractivity contribution < 1.29 is 9.21 Å². The van der Waals surface area contributed by atoms with Crippen LogP contribution >= 0.6 is 0 Å². The molecule has 0 radical (unpaired) electrons. The highest BCUT2D eigenvalue weighted by molar-refractivity contribution is 5.83. The molecule has 2 heterocycles. The molecule has 2 aromatic rings. The minimum absolute atomic E-state index is 0.0702. The molecular formula is C22H25N5O2. The van der Waals surface area contributed by atoms with E-state index in [-0.39, 0.29) is 11.9 Å². The first-order valence-electron chi connectivity index (χ1n) is 10.5. The number of piperidine rings is 1. The van der Waals surface area contributed by atoms with E-state index in [1.807, 2.05) is 24.0 Å². The van der Waals surface area contributed by atoms with Crippen LogP contribution in [-0.4, -0.2) is 40.1 Å². The van der Waals surface area contributed by atoms with Gasteiger partial charge in [0.25, 0.3) is 0 Å². The van der Waals surface area contributed by atoms with E-state index in [2.05, 4.69) is 21.6 Å². The highest BCUT2D eigenvalue weighted by Crippen LogP contribution is 2.53. The zero-order valence-electron chi connectivity index (χ0n) is 16.6. The smallest absolute Gasteiger partial charge is 0.316 e. The van der Waals surface area contributed by atoms with Gasteiger partial charge in [-0.2, -0.15) is 5.26 Å². The third kappa shape index (κ3) is 3.59. The van der Waals surface area contributed by atoms with Gasteiger partial charge in [-0.3, -0.25) is 4.79 Å². The molecule has 3 fully saturated rings. The molecule has 1 N–H and O–H groups in total. The molecule has 0 bridgehead atoms. The fourth-order valence-electron chi connectivity index (χ4n) is 4.33. The molecule has 1 aromatic heterocycles. The van der Waals surface area contributed by atoms with Crippen molar-refractivity contribution in [2.75, 3.05) is 18.4 Å². The van der Waals surface area contributed by atoms with E-state index < -0.39 is 6.04 Å². The van der Waals surface area contributed by atoms with Gasteiger partial charge in [0.2, 0.25) is 11.8 Å². The number of hydrogen-bond acceptors (Lipinski definition) is 6. The molecule has 0 unspecified atom stereocenters. The average molecular weight is 391 g/mol. The Bertz CT molecular complexity index is 973. The number of carbonyl (C=O) groups is 1. The second-order valence-corrected chi connectivity index (χ2v) is 8.79. The number of aromatic nitrogens is 2. The summed E-state index contributed by atoms with van der Waals surface area (Å²) in [7, 11) is 0. The van der Waals surface area contributed by atoms with Crippen molar-refractivity contribution in [3.8, 4) is 17.5 Å². The van der Waals surface area contributed by atoms with Gasteiger partial charge in [-0.1, -0.05) is 11.2 Å². The minimum atomic E-state index is -0.427. The Kier molecular flexibility index (Phi) is 4.30. The van der Waals surface area contributed by atoms with Crippen molar-refractivity contribution in [3.05, 3.63) is 29.3 Å². The van der Waals surface area contributed by atoms with Crippen LogP contribution in [0.5, 0.6) is 0 Å². The highest BCUT2D eigenvalue weighted by Gasteiger charge is 2.45. The van der Waals surface area contributed by atoms with Crippen molar-refractivity contribution in [2.45, 2.75) is 57.4 Å². The van der Waals surface area contributed by atoms with E-state index in [1.165, 1.54) is 12.8 Å². The molecule has 1 atom stereocenters. The second-order valence-electron chi connectivity index (χ2n) is 8.79. The van der Waals surface area contributed by atoms with Crippen LogP contribution in [0.25, 0.3) is 11.5 Å². The summed E-state index contributed by atoms with van der Waals surface area (Å²) in [5, 5.41) is 20.6. The number of carbonyl (C=O) groups excluding carboxylic acids is 1. The van der Waals surface area contributed by atoms with Crippen LogP contribution in [0, 0.1) is 16.7 Å². The second kappa shape index (κ2) is 6.87. The first kappa shape index (κ1) is 18.2. The first-order chi connectivity index (χ1) is 14.1. The van der Waals surface area contributed by atoms with E-state index in [0.29, 0.717) is 22.8 Å². The maximum Gasteiger partial charge on any atom is 0.316 e. The Morgan fingerprint density at radius 1 is 1.28 bits per heavy atom. The zero-order valence-corrected chi connectivity index (χ0v) is 16.6. The van der Waals surface area contributed by atoms with Crippen LogP contribution in [0.4, 0.5) is 6.01 Å². The lowest BCUT2D eigenvalue weighted by Crippen LogP contribution is -2.45. The Morgan fingerprint density at radius 3 is 2.69 bits per heavy atom. The van der Waals surface area contributed by atoms with Crippen molar-refractivity contribution in [1.82, 2.24) is 15.1 Å². The molecule has 1 aromatic carbocycles. The fourth-order valence-corrected chi connectivity index (χ4v) is 4.33. The predicted molar refractivity (Wildman–Crippen MR) is 107 cm³/mol. The Balaban J connectivity index is 1.24. The summed E-state index contributed by atoms with van der Waals surface area (Å²) in [5.41, 5.74) is 3.03. The monoisotopic (exact) mass is 391 g/mol. The topological polar surface area (TPSA) is 95.0 Å². The normalized spacial score (nSPS) is 20.9. The Labute approximate surface area is 170 Å². The standard InChI is InChI=1S/C22H25N5O2/c1-14(20(28)27-10-8-22(6-7-22)9-11-27)24-21-26-25-19(29-21)16-4-5-18(15-2-3-15)17(12-16)13-23/h4-5,12,14-15H,2-3,6-11H2,1H3,(H,24,26)/t14-/m1/s1. The van der Waals surface area contributed by atoms with Crippen molar-refractivity contribution in [2.24, 2.45) is 5.41 Å². The van der Waals surface area contributed by atoms with Crippen LogP contribution < -0.4 is 5.32 Å². The van der Waals surface area contributed by atoms with Gasteiger partial charge in [-0.25, -0.2) is 0 Å². The Hall–Kier alpha value is -2.88. The van der Waals surface area contributed by atoms with E-state index in [4.69, 9.17) is 4.42 Å². The maximum absolute atomic E-state index is 12.7. The number of nitriles is 1. The Morgan fingerprint density at radius 2 is 2.03 bits per heavy atom. The number of nitrogens with zero attached hydrogens (tertiary/aromatic N) is 4. The molecule has 7 heteroatoms. The largest absolute Gasteiger partial charge is 0.403 e. The number of hydrogen-bond donors (Lipinski definition) is 1. The van der Waals surface area contributed by atoms with Gasteiger partial charge >= 0.3 is 6.01 Å². The number of likely N-dealkylation sites (tertiary alicyclic amines) is 1. The van der Waals surface area contributed by atoms with E-state index in [9.17, 15) is 10.1 Å². The van der Waals surface area contributed by atoms with Gasteiger partial charge in [0.15, 0.2) is 0 Å². The van der Waals surface area contributed by atoms with Crippen molar-refractivity contribution in [1.29, 1.82) is 5.26 Å². The summed E-state index contributed by atoms with van der Waals surface area (Å²) in [6, 6.07) is 7.78. The molecule has 2 aliphatic carbocycles. The molecule has 3 aliphatic rings. The molecule has 150 valence electrons. The number of nitrogens with one attached hydrogen (secondary N) is 1. The quantitative estimate of drug-likeness (QED) is 0.835. The van der Waals surface area contributed by atoms with Crippen LogP contribution in [0.2, 0.25) is 0 Å². The lowest BCUT2D eigenvalue weighted by molar-refractivity contribution is -0.133. The third-order valence-corrected chi connectivity index (χ3v) is 6.67. The van der Waals surface area contributed by atoms with Gasteiger partial charge in [0.05, 0.1) is 11.6 Å². The molecular weight excluding hydrogens is 366 g/mol. The molecule has 2 saturated carbocycles. The molecule has 1 saturated heterocycles. The SMILES string of the molecule is C[C@@H](Nc1nnc(-c2ccc(C3CC3)c(C#N)c2)o1)C(=O)N1CCC2(CC1)CC2. The highest BCUT2D eigenvalue weighted by atomic mass is 16.4. The van der Waals surface area contributed by atoms with Gasteiger partial charge in [0, 0.05) is 18.7 Å². The maximum atomic E-state index is 12.7. The van der Waals surface area contributed by atoms with Crippen LogP contribution in [0.15, 0.2) is 22.6 Å². The van der Waals surface area contributed by atoms with Crippen molar-refractivity contribution in [3.63, 3.8) is 0 Å². The van der Waals surface area contributed by atoms with Crippen LogP contribution in [0.3, 0.4) is 0 Å². The zero-order chi connectivity index (χ0) is 20.0. The number of anilines is 1. The van der Waals surface area contributed by atoms with Gasteiger partial charge in [0.1, 0.15) is 6.04 Å². The molecule has 5 rings (SSSR count). The molecule has 29 heavy (non-hydrogen) atoms. The number of amides is 1. The first-order valence-corrected chi connectivity index (χ1v) is 10.5. The summed E-state index contributed by atoms with van der Waals surface area (Å²) < 4.78 is 5.72. The van der Waals surface area contributed by atoms with Crippen molar-refractivity contribution >= 4 is 11.9 Å². The summed E-state index contributed by atoms with van der Waals surface area (Å²) in [5.74, 6) is 0.926. The summed E-state index contributed by atoms with van der Waals surface area (Å²) in [4.78, 5) is 14.7. The summed E-state index contributed by atoms with van der Waals surface area (Å²) in [6.07, 6.45) is 7.17. The summed E-state index contributed by atoms with van der Waals surface area (Å²) in [6.45, 7) is 3.50. The molecule has 1 aliphatic heterocycles. The van der Waals surface area contributed by atoms with Gasteiger partial charge in [-0.05, 0) is 74.5 Å². The van der Waals surface area contributed by atoms with E-state index in [0.717, 1.165) is 49.9 Å². The molecule has 1 amide bonds. The lowest BCUT2D eigenvalue weighted by Gasteiger charge is -2.33. The summed E-state index contributed by atoms with van der Waals surface area (Å²) >= 11 is 0. The minimum Gasteiger partial charge on any atom is -0.403 e. The lowest BCUT2D eigenvalue weighted by atomic mass is 9.93. The van der Waals surface area contributed by atoms with Gasteiger partial charge in [-0.15, -0.1) is 5.10 Å². The number of rotatable bonds is 5. The molecule has 7 nitrogen and oxygen atoms in total. The van der Waals surface area contributed by atoms with Crippen LogP contribution in [0.1, 0.15) is 62.5 Å². The molecule has 1 spiro atoms. The average Bonchev–Trinajstić information content (AvgIpc) is 3.68. The third-order valence-electron chi connectivity index (χ3n) is 6.67. The fraction of sp³-hybridized carbons (Fsp3) is 0.545. The van der Waals surface area contributed by atoms with Gasteiger partial charge < -0.3 is 14.6 Å². The van der Waals surface area contributed by atoms with E-state index in [1.54, 1.807) is 6.07 Å².